The van der Waals surface area contributed by atoms with Crippen LogP contribution in [-0.2, 0) is 0 Å². The molecule has 0 bridgehead atoms. The Balaban J connectivity index is 1.79. The second-order valence-corrected chi connectivity index (χ2v) is 8.26. The number of hydrogen-bond donors (Lipinski definition) is 1. The number of aliphatic hydroxyl groups excluding tert-OH is 1. The van der Waals surface area contributed by atoms with E-state index in [1.54, 1.807) is 0 Å². The van der Waals surface area contributed by atoms with Crippen molar-refractivity contribution in [2.45, 2.75) is 64.6 Å². The lowest BCUT2D eigenvalue weighted by Crippen LogP contribution is -2.45. The maximum Gasteiger partial charge on any atom is 0.126 e. The summed E-state index contributed by atoms with van der Waals surface area (Å²) < 4.78 is 6.33. The summed E-state index contributed by atoms with van der Waals surface area (Å²) in [5, 5.41) is 11.1. The standard InChI is InChI=1S/C18H25ClO2/c1-17(2,3)12-6-8-18(9-7-12)11-15(20)14-10-13(19)4-5-16(14)21-18/h4-5,10,12,15,20H,6-9,11H2,1-3H3. The smallest absolute Gasteiger partial charge is 0.126 e. The van der Waals surface area contributed by atoms with Gasteiger partial charge in [-0.2, -0.15) is 0 Å². The van der Waals surface area contributed by atoms with Crippen molar-refractivity contribution in [3.05, 3.63) is 28.8 Å². The van der Waals surface area contributed by atoms with Gasteiger partial charge >= 0.3 is 0 Å². The molecule has 1 aliphatic carbocycles. The van der Waals surface area contributed by atoms with E-state index in [4.69, 9.17) is 16.3 Å². The second-order valence-electron chi connectivity index (χ2n) is 7.83. The topological polar surface area (TPSA) is 29.5 Å². The fraction of sp³-hybridized carbons (Fsp3) is 0.667. The predicted octanol–water partition coefficient (Wildman–Crippen LogP) is 5.13. The molecule has 0 saturated heterocycles. The third-order valence-corrected chi connectivity index (χ3v) is 5.58. The molecular formula is C18H25ClO2. The first-order chi connectivity index (χ1) is 9.79. The van der Waals surface area contributed by atoms with E-state index in [0.29, 0.717) is 16.9 Å². The lowest BCUT2D eigenvalue weighted by molar-refractivity contribution is -0.0563. The van der Waals surface area contributed by atoms with E-state index in [0.717, 1.165) is 30.1 Å². The van der Waals surface area contributed by atoms with Crippen molar-refractivity contribution >= 4 is 11.6 Å². The first-order valence-corrected chi connectivity index (χ1v) is 8.33. The molecule has 116 valence electrons. The van der Waals surface area contributed by atoms with Crippen LogP contribution >= 0.6 is 11.6 Å². The minimum atomic E-state index is -0.460. The lowest BCUT2D eigenvalue weighted by Gasteiger charge is -2.47. The van der Waals surface area contributed by atoms with Gasteiger partial charge in [0.1, 0.15) is 11.4 Å². The van der Waals surface area contributed by atoms with Crippen LogP contribution in [0.3, 0.4) is 0 Å². The first kappa shape index (κ1) is 15.2. The molecule has 1 aromatic carbocycles. The molecule has 0 radical (unpaired) electrons. The summed E-state index contributed by atoms with van der Waals surface area (Å²) in [4.78, 5) is 0. The Labute approximate surface area is 132 Å². The van der Waals surface area contributed by atoms with Crippen LogP contribution in [0.25, 0.3) is 0 Å². The van der Waals surface area contributed by atoms with Gasteiger partial charge in [0.25, 0.3) is 0 Å². The predicted molar refractivity (Wildman–Crippen MR) is 85.8 cm³/mol. The van der Waals surface area contributed by atoms with Gasteiger partial charge < -0.3 is 9.84 Å². The number of fused-ring (bicyclic) bond motifs is 1. The third-order valence-electron chi connectivity index (χ3n) is 5.34. The molecule has 1 saturated carbocycles. The summed E-state index contributed by atoms with van der Waals surface area (Å²) >= 11 is 6.02. The fourth-order valence-electron chi connectivity index (χ4n) is 3.93. The zero-order valence-electron chi connectivity index (χ0n) is 13.2. The lowest BCUT2D eigenvalue weighted by atomic mass is 9.66. The van der Waals surface area contributed by atoms with Gasteiger partial charge in [-0.05, 0) is 55.2 Å². The monoisotopic (exact) mass is 308 g/mol. The zero-order chi connectivity index (χ0) is 15.3. The molecule has 3 rings (SSSR count). The number of ether oxygens (including phenoxy) is 1. The Hall–Kier alpha value is -0.730. The van der Waals surface area contributed by atoms with Gasteiger partial charge in [-0.1, -0.05) is 32.4 Å². The minimum Gasteiger partial charge on any atom is -0.487 e. The summed E-state index contributed by atoms with van der Waals surface area (Å²) in [6.07, 6.45) is 4.66. The maximum absolute atomic E-state index is 10.5. The van der Waals surface area contributed by atoms with Crippen molar-refractivity contribution < 1.29 is 9.84 Å². The molecule has 0 aromatic heterocycles. The summed E-state index contributed by atoms with van der Waals surface area (Å²) in [7, 11) is 0. The summed E-state index contributed by atoms with van der Waals surface area (Å²) in [6.45, 7) is 6.97. The summed E-state index contributed by atoms with van der Waals surface area (Å²) in [6, 6.07) is 5.57. The number of aliphatic hydroxyl groups is 1. The van der Waals surface area contributed by atoms with Crippen LogP contribution in [0.1, 0.15) is 64.5 Å². The Morgan fingerprint density at radius 3 is 2.52 bits per heavy atom. The van der Waals surface area contributed by atoms with E-state index in [9.17, 15) is 5.11 Å². The van der Waals surface area contributed by atoms with E-state index < -0.39 is 6.10 Å². The molecule has 1 aromatic rings. The Bertz CT molecular complexity index is 525. The van der Waals surface area contributed by atoms with Gasteiger partial charge in [-0.25, -0.2) is 0 Å². The Morgan fingerprint density at radius 1 is 1.24 bits per heavy atom. The highest BCUT2D eigenvalue weighted by Crippen LogP contribution is 2.50. The van der Waals surface area contributed by atoms with Crippen molar-refractivity contribution in [3.63, 3.8) is 0 Å². The first-order valence-electron chi connectivity index (χ1n) is 7.96. The van der Waals surface area contributed by atoms with Gasteiger partial charge in [0, 0.05) is 17.0 Å². The van der Waals surface area contributed by atoms with Crippen LogP contribution in [0.15, 0.2) is 18.2 Å². The molecule has 1 unspecified atom stereocenters. The van der Waals surface area contributed by atoms with Crippen molar-refractivity contribution in [2.75, 3.05) is 0 Å². The maximum atomic E-state index is 10.5. The van der Waals surface area contributed by atoms with Crippen LogP contribution in [0.4, 0.5) is 0 Å². The summed E-state index contributed by atoms with van der Waals surface area (Å²) in [5.41, 5.74) is 1.02. The van der Waals surface area contributed by atoms with Crippen molar-refractivity contribution in [1.82, 2.24) is 0 Å². The molecule has 1 heterocycles. The highest BCUT2D eigenvalue weighted by Gasteiger charge is 2.44. The molecule has 1 aliphatic heterocycles. The Morgan fingerprint density at radius 2 is 1.90 bits per heavy atom. The van der Waals surface area contributed by atoms with E-state index in [1.165, 1.54) is 12.8 Å². The highest BCUT2D eigenvalue weighted by molar-refractivity contribution is 6.30. The molecule has 21 heavy (non-hydrogen) atoms. The van der Waals surface area contributed by atoms with Gasteiger partial charge in [-0.3, -0.25) is 0 Å². The number of hydrogen-bond acceptors (Lipinski definition) is 2. The molecule has 3 heteroatoms. The molecule has 2 nitrogen and oxygen atoms in total. The average Bonchev–Trinajstić information content (AvgIpc) is 2.39. The van der Waals surface area contributed by atoms with E-state index >= 15 is 0 Å². The average molecular weight is 309 g/mol. The van der Waals surface area contributed by atoms with Gasteiger partial charge in [0.15, 0.2) is 0 Å². The highest BCUT2D eigenvalue weighted by atomic mass is 35.5. The largest absolute Gasteiger partial charge is 0.487 e. The van der Waals surface area contributed by atoms with E-state index in [2.05, 4.69) is 20.8 Å². The molecule has 1 spiro atoms. The molecule has 1 fully saturated rings. The third kappa shape index (κ3) is 2.93. The van der Waals surface area contributed by atoms with E-state index in [-0.39, 0.29) is 5.60 Å². The molecule has 0 amide bonds. The van der Waals surface area contributed by atoms with Crippen LogP contribution < -0.4 is 4.74 Å². The quantitative estimate of drug-likeness (QED) is 0.720. The van der Waals surface area contributed by atoms with Gasteiger partial charge in [0.05, 0.1) is 6.10 Å². The van der Waals surface area contributed by atoms with Crippen molar-refractivity contribution in [3.8, 4) is 5.75 Å². The molecule has 2 aliphatic rings. The number of rotatable bonds is 0. The van der Waals surface area contributed by atoms with Crippen LogP contribution in [0.5, 0.6) is 5.75 Å². The number of benzene rings is 1. The number of halogens is 1. The van der Waals surface area contributed by atoms with Crippen LogP contribution in [0, 0.1) is 11.3 Å². The van der Waals surface area contributed by atoms with Gasteiger partial charge in [0.2, 0.25) is 0 Å². The van der Waals surface area contributed by atoms with Crippen LogP contribution in [0.2, 0.25) is 5.02 Å². The Kier molecular flexibility index (Phi) is 3.74. The van der Waals surface area contributed by atoms with Crippen molar-refractivity contribution in [1.29, 1.82) is 0 Å². The molecular weight excluding hydrogens is 284 g/mol. The van der Waals surface area contributed by atoms with Crippen LogP contribution in [-0.4, -0.2) is 10.7 Å². The second kappa shape index (κ2) is 5.17. The zero-order valence-corrected chi connectivity index (χ0v) is 13.9. The SMILES string of the molecule is CC(C)(C)C1CCC2(CC1)CC(O)c1cc(Cl)ccc1O2. The summed E-state index contributed by atoms with van der Waals surface area (Å²) in [5.74, 6) is 1.56. The fourth-order valence-corrected chi connectivity index (χ4v) is 4.11. The van der Waals surface area contributed by atoms with Gasteiger partial charge in [-0.15, -0.1) is 0 Å². The molecule has 1 N–H and O–H groups in total. The minimum absolute atomic E-state index is 0.179. The normalized spacial score (nSPS) is 32.6. The van der Waals surface area contributed by atoms with Crippen molar-refractivity contribution in [2.24, 2.45) is 11.3 Å². The molecule has 1 atom stereocenters. The van der Waals surface area contributed by atoms with E-state index in [1.807, 2.05) is 18.2 Å².